The van der Waals surface area contributed by atoms with Crippen LogP contribution in [0.5, 0.6) is 0 Å². The zero-order valence-corrected chi connectivity index (χ0v) is 8.67. The van der Waals surface area contributed by atoms with Crippen molar-refractivity contribution in [1.29, 1.82) is 0 Å². The van der Waals surface area contributed by atoms with Gasteiger partial charge in [0.15, 0.2) is 0 Å². The number of anilines is 1. The van der Waals surface area contributed by atoms with Gasteiger partial charge in [-0.25, -0.2) is 0 Å². The fourth-order valence-corrected chi connectivity index (χ4v) is 2.13. The van der Waals surface area contributed by atoms with Crippen molar-refractivity contribution in [2.75, 3.05) is 25.2 Å². The van der Waals surface area contributed by atoms with E-state index in [1.807, 2.05) is 6.92 Å². The molecule has 1 aliphatic rings. The summed E-state index contributed by atoms with van der Waals surface area (Å²) in [4.78, 5) is 2.16. The Morgan fingerprint density at radius 3 is 2.92 bits per heavy atom. The van der Waals surface area contributed by atoms with Gasteiger partial charge in [0, 0.05) is 13.7 Å². The monoisotopic (exact) mass is 199 g/mol. The van der Waals surface area contributed by atoms with E-state index >= 15 is 0 Å². The molecular formula is C8H13N3OS. The van der Waals surface area contributed by atoms with Crippen molar-refractivity contribution < 1.29 is 4.74 Å². The quantitative estimate of drug-likeness (QED) is 0.714. The van der Waals surface area contributed by atoms with E-state index in [2.05, 4.69) is 22.1 Å². The minimum Gasteiger partial charge on any atom is -0.379 e. The molecule has 1 aromatic heterocycles. The van der Waals surface area contributed by atoms with E-state index in [4.69, 9.17) is 4.74 Å². The SMILES string of the molecule is Cc1nnc(N(C)C2CCOC2)s1. The van der Waals surface area contributed by atoms with E-state index in [-0.39, 0.29) is 0 Å². The first kappa shape index (κ1) is 8.90. The molecule has 0 bridgehead atoms. The summed E-state index contributed by atoms with van der Waals surface area (Å²) in [6, 6.07) is 0.479. The second-order valence-corrected chi connectivity index (χ2v) is 4.39. The number of aryl methyl sites for hydroxylation is 1. The molecule has 0 saturated carbocycles. The highest BCUT2D eigenvalue weighted by Gasteiger charge is 2.22. The Labute approximate surface area is 81.5 Å². The summed E-state index contributed by atoms with van der Waals surface area (Å²) in [7, 11) is 2.05. The average molecular weight is 199 g/mol. The molecule has 0 aromatic carbocycles. The third-order valence-corrected chi connectivity index (χ3v) is 3.20. The molecule has 1 unspecified atom stereocenters. The predicted octanol–water partition coefficient (Wildman–Crippen LogP) is 1.07. The molecule has 1 fully saturated rings. The van der Waals surface area contributed by atoms with Crippen molar-refractivity contribution in [2.24, 2.45) is 0 Å². The van der Waals surface area contributed by atoms with Crippen LogP contribution in [-0.4, -0.2) is 36.5 Å². The Kier molecular flexibility index (Phi) is 2.46. The summed E-state index contributed by atoms with van der Waals surface area (Å²) >= 11 is 1.63. The molecule has 13 heavy (non-hydrogen) atoms. The number of nitrogens with zero attached hydrogens (tertiary/aromatic N) is 3. The van der Waals surface area contributed by atoms with Crippen LogP contribution in [0.2, 0.25) is 0 Å². The second-order valence-electron chi connectivity index (χ2n) is 3.23. The van der Waals surface area contributed by atoms with E-state index in [0.29, 0.717) is 6.04 Å². The molecule has 72 valence electrons. The van der Waals surface area contributed by atoms with Gasteiger partial charge in [-0.1, -0.05) is 11.3 Å². The Balaban J connectivity index is 2.07. The lowest BCUT2D eigenvalue weighted by molar-refractivity contribution is 0.193. The van der Waals surface area contributed by atoms with Crippen molar-refractivity contribution >= 4 is 16.5 Å². The first-order valence-corrected chi connectivity index (χ1v) is 5.19. The first-order chi connectivity index (χ1) is 6.27. The van der Waals surface area contributed by atoms with Gasteiger partial charge in [-0.2, -0.15) is 0 Å². The van der Waals surface area contributed by atoms with E-state index < -0.39 is 0 Å². The highest BCUT2D eigenvalue weighted by Crippen LogP contribution is 2.23. The van der Waals surface area contributed by atoms with Crippen LogP contribution < -0.4 is 4.90 Å². The lowest BCUT2D eigenvalue weighted by Gasteiger charge is -2.21. The van der Waals surface area contributed by atoms with Gasteiger partial charge < -0.3 is 9.64 Å². The summed E-state index contributed by atoms with van der Waals surface area (Å²) in [5, 5.41) is 10.1. The van der Waals surface area contributed by atoms with Gasteiger partial charge in [0.25, 0.3) is 0 Å². The van der Waals surface area contributed by atoms with Crippen LogP contribution in [0.15, 0.2) is 0 Å². The average Bonchev–Trinajstić information content (AvgIpc) is 2.72. The summed E-state index contributed by atoms with van der Waals surface area (Å²) in [5.74, 6) is 0. The van der Waals surface area contributed by atoms with Crippen molar-refractivity contribution in [3.8, 4) is 0 Å². The summed E-state index contributed by atoms with van der Waals surface area (Å²) in [5.41, 5.74) is 0. The molecule has 5 heteroatoms. The smallest absolute Gasteiger partial charge is 0.208 e. The maximum absolute atomic E-state index is 5.32. The largest absolute Gasteiger partial charge is 0.379 e. The van der Waals surface area contributed by atoms with Gasteiger partial charge in [-0.3, -0.25) is 0 Å². The maximum atomic E-state index is 5.32. The molecule has 1 atom stereocenters. The summed E-state index contributed by atoms with van der Waals surface area (Å²) < 4.78 is 5.32. The molecule has 0 aliphatic carbocycles. The van der Waals surface area contributed by atoms with Crippen LogP contribution in [-0.2, 0) is 4.74 Å². The minimum atomic E-state index is 0.479. The summed E-state index contributed by atoms with van der Waals surface area (Å²) in [6.07, 6.45) is 1.09. The molecule has 1 aliphatic heterocycles. The highest BCUT2D eigenvalue weighted by molar-refractivity contribution is 7.15. The lowest BCUT2D eigenvalue weighted by atomic mass is 10.2. The van der Waals surface area contributed by atoms with Gasteiger partial charge >= 0.3 is 0 Å². The van der Waals surface area contributed by atoms with Crippen LogP contribution in [0, 0.1) is 6.92 Å². The number of rotatable bonds is 2. The van der Waals surface area contributed by atoms with Crippen LogP contribution in [0.25, 0.3) is 0 Å². The third kappa shape index (κ3) is 1.81. The van der Waals surface area contributed by atoms with Gasteiger partial charge in [0.1, 0.15) is 5.01 Å². The Bertz CT molecular complexity index is 283. The van der Waals surface area contributed by atoms with Crippen LogP contribution in [0.1, 0.15) is 11.4 Å². The lowest BCUT2D eigenvalue weighted by Crippen LogP contribution is -2.31. The molecular weight excluding hydrogens is 186 g/mol. The van der Waals surface area contributed by atoms with Crippen LogP contribution in [0.4, 0.5) is 5.13 Å². The molecule has 2 rings (SSSR count). The first-order valence-electron chi connectivity index (χ1n) is 4.38. The van der Waals surface area contributed by atoms with Crippen molar-refractivity contribution in [3.63, 3.8) is 0 Å². The van der Waals surface area contributed by atoms with E-state index in [1.54, 1.807) is 11.3 Å². The number of ether oxygens (including phenoxy) is 1. The summed E-state index contributed by atoms with van der Waals surface area (Å²) in [6.45, 7) is 3.65. The molecule has 0 spiro atoms. The molecule has 0 radical (unpaired) electrons. The van der Waals surface area contributed by atoms with E-state index in [1.165, 1.54) is 0 Å². The van der Waals surface area contributed by atoms with Gasteiger partial charge in [-0.15, -0.1) is 10.2 Å². The molecule has 1 saturated heterocycles. The van der Waals surface area contributed by atoms with E-state index in [0.717, 1.165) is 29.8 Å². The van der Waals surface area contributed by atoms with Gasteiger partial charge in [-0.05, 0) is 13.3 Å². The molecule has 0 amide bonds. The topological polar surface area (TPSA) is 38.2 Å². The zero-order valence-electron chi connectivity index (χ0n) is 7.86. The number of aromatic nitrogens is 2. The molecule has 0 N–H and O–H groups in total. The molecule has 4 nitrogen and oxygen atoms in total. The van der Waals surface area contributed by atoms with E-state index in [9.17, 15) is 0 Å². The Morgan fingerprint density at radius 1 is 1.54 bits per heavy atom. The fourth-order valence-electron chi connectivity index (χ4n) is 1.41. The van der Waals surface area contributed by atoms with Crippen molar-refractivity contribution in [2.45, 2.75) is 19.4 Å². The van der Waals surface area contributed by atoms with Crippen LogP contribution >= 0.6 is 11.3 Å². The zero-order chi connectivity index (χ0) is 9.26. The number of likely N-dealkylation sites (N-methyl/N-ethyl adjacent to an activating group) is 1. The second kappa shape index (κ2) is 3.59. The minimum absolute atomic E-state index is 0.479. The standard InChI is InChI=1S/C8H13N3OS/c1-6-9-10-8(13-6)11(2)7-3-4-12-5-7/h7H,3-5H2,1-2H3. The third-order valence-electron chi connectivity index (χ3n) is 2.27. The van der Waals surface area contributed by atoms with Crippen molar-refractivity contribution in [1.82, 2.24) is 10.2 Å². The maximum Gasteiger partial charge on any atom is 0.208 e. The Hall–Kier alpha value is -0.680. The Morgan fingerprint density at radius 2 is 2.38 bits per heavy atom. The predicted molar refractivity (Wildman–Crippen MR) is 52.3 cm³/mol. The van der Waals surface area contributed by atoms with Crippen LogP contribution in [0.3, 0.4) is 0 Å². The number of hydrogen-bond acceptors (Lipinski definition) is 5. The molecule has 2 heterocycles. The number of hydrogen-bond donors (Lipinski definition) is 0. The van der Waals surface area contributed by atoms with Gasteiger partial charge in [0.05, 0.1) is 12.6 Å². The van der Waals surface area contributed by atoms with Gasteiger partial charge in [0.2, 0.25) is 5.13 Å². The normalized spacial score (nSPS) is 22.2. The highest BCUT2D eigenvalue weighted by atomic mass is 32.1. The fraction of sp³-hybridized carbons (Fsp3) is 0.750. The van der Waals surface area contributed by atoms with Crippen molar-refractivity contribution in [3.05, 3.63) is 5.01 Å². The molecule has 1 aromatic rings.